The van der Waals surface area contributed by atoms with E-state index in [-0.39, 0.29) is 0 Å². The van der Waals surface area contributed by atoms with Gasteiger partial charge in [-0.3, -0.25) is 0 Å². The molecule has 0 aliphatic rings. The molecule has 0 amide bonds. The van der Waals surface area contributed by atoms with Crippen molar-refractivity contribution in [2.45, 2.75) is 66.5 Å². The lowest BCUT2D eigenvalue weighted by atomic mass is 9.84. The number of hydrogen-bond acceptors (Lipinski definition) is 3. The average molecular weight is 258 g/mol. The Bertz CT molecular complexity index is 199. The first-order valence-corrected chi connectivity index (χ1v) is 7.41. The van der Waals surface area contributed by atoms with Crippen LogP contribution < -0.4 is 5.32 Å². The van der Waals surface area contributed by atoms with Gasteiger partial charge in [-0.05, 0) is 45.2 Å². The van der Waals surface area contributed by atoms with E-state index in [1.165, 1.54) is 6.42 Å². The van der Waals surface area contributed by atoms with E-state index in [1.54, 1.807) is 0 Å². The summed E-state index contributed by atoms with van der Waals surface area (Å²) in [7, 11) is 0. The first-order chi connectivity index (χ1) is 8.32. The lowest BCUT2D eigenvalue weighted by molar-refractivity contribution is 0.164. The van der Waals surface area contributed by atoms with E-state index in [0.29, 0.717) is 24.1 Å². The molecule has 0 aromatic heterocycles. The zero-order valence-corrected chi connectivity index (χ0v) is 13.3. The van der Waals surface area contributed by atoms with Crippen LogP contribution in [-0.4, -0.2) is 48.3 Å². The van der Waals surface area contributed by atoms with Gasteiger partial charge in [-0.25, -0.2) is 0 Å². The van der Waals surface area contributed by atoms with Crippen LogP contribution in [0.15, 0.2) is 0 Å². The van der Waals surface area contributed by atoms with Crippen molar-refractivity contribution < 1.29 is 5.11 Å². The van der Waals surface area contributed by atoms with Crippen LogP contribution >= 0.6 is 0 Å². The molecule has 0 spiro atoms. The van der Waals surface area contributed by atoms with E-state index in [1.807, 2.05) is 0 Å². The van der Waals surface area contributed by atoms with E-state index in [0.717, 1.165) is 26.1 Å². The number of nitrogens with one attached hydrogen (secondary N) is 1. The molecule has 0 saturated carbocycles. The second-order valence-electron chi connectivity index (χ2n) is 6.47. The van der Waals surface area contributed by atoms with E-state index in [2.05, 4.69) is 51.8 Å². The Labute approximate surface area is 114 Å². The highest BCUT2D eigenvalue weighted by Crippen LogP contribution is 2.22. The van der Waals surface area contributed by atoms with Gasteiger partial charge in [0, 0.05) is 25.2 Å². The molecule has 1 unspecified atom stereocenters. The van der Waals surface area contributed by atoms with Crippen LogP contribution in [0.25, 0.3) is 0 Å². The molecular formula is C15H34N2O. The fraction of sp³-hybridized carbons (Fsp3) is 1.00. The summed E-state index contributed by atoms with van der Waals surface area (Å²) >= 11 is 0. The summed E-state index contributed by atoms with van der Waals surface area (Å²) in [6.07, 6.45) is 2.04. The lowest BCUT2D eigenvalue weighted by Gasteiger charge is -2.34. The summed E-state index contributed by atoms with van der Waals surface area (Å²) in [6, 6.07) is 1.11. The van der Waals surface area contributed by atoms with Gasteiger partial charge < -0.3 is 15.3 Å². The third-order valence-corrected chi connectivity index (χ3v) is 3.53. The molecule has 0 bridgehead atoms. The monoisotopic (exact) mass is 258 g/mol. The Morgan fingerprint density at radius 2 is 1.78 bits per heavy atom. The smallest absolute Gasteiger partial charge is 0.0443 e. The largest absolute Gasteiger partial charge is 0.396 e. The van der Waals surface area contributed by atoms with Crippen LogP contribution in [0, 0.1) is 5.41 Å². The molecule has 0 aliphatic heterocycles. The Hall–Kier alpha value is -0.120. The highest BCUT2D eigenvalue weighted by molar-refractivity contribution is 4.81. The third-order valence-electron chi connectivity index (χ3n) is 3.53. The molecule has 1 atom stereocenters. The van der Waals surface area contributed by atoms with Crippen LogP contribution in [0.1, 0.15) is 54.4 Å². The summed E-state index contributed by atoms with van der Waals surface area (Å²) in [4.78, 5) is 2.46. The Kier molecular flexibility index (Phi) is 8.83. The van der Waals surface area contributed by atoms with Gasteiger partial charge in [0.05, 0.1) is 0 Å². The van der Waals surface area contributed by atoms with Crippen molar-refractivity contribution in [3.63, 3.8) is 0 Å². The van der Waals surface area contributed by atoms with Crippen molar-refractivity contribution in [2.24, 2.45) is 5.41 Å². The Balaban J connectivity index is 4.28. The molecule has 0 radical (unpaired) electrons. The number of rotatable bonds is 9. The van der Waals surface area contributed by atoms with E-state index in [4.69, 9.17) is 5.11 Å². The van der Waals surface area contributed by atoms with Gasteiger partial charge in [-0.1, -0.05) is 27.7 Å². The van der Waals surface area contributed by atoms with Crippen LogP contribution in [-0.2, 0) is 0 Å². The zero-order chi connectivity index (χ0) is 14.2. The molecule has 0 aromatic rings. The van der Waals surface area contributed by atoms with Crippen LogP contribution in [0.5, 0.6) is 0 Å². The molecule has 0 saturated heterocycles. The van der Waals surface area contributed by atoms with Gasteiger partial charge in [0.2, 0.25) is 0 Å². The van der Waals surface area contributed by atoms with Gasteiger partial charge >= 0.3 is 0 Å². The topological polar surface area (TPSA) is 35.5 Å². The van der Waals surface area contributed by atoms with Crippen molar-refractivity contribution in [3.8, 4) is 0 Å². The molecule has 3 nitrogen and oxygen atoms in total. The normalized spacial score (nSPS) is 14.5. The molecule has 0 rings (SSSR count). The summed E-state index contributed by atoms with van der Waals surface area (Å²) < 4.78 is 0. The SMILES string of the molecule is CCNC(CCN(CCCO)C(C)C)C(C)(C)C. The van der Waals surface area contributed by atoms with Crippen LogP contribution in [0.2, 0.25) is 0 Å². The molecule has 0 aliphatic carbocycles. The number of aliphatic hydroxyl groups is 1. The van der Waals surface area contributed by atoms with Crippen molar-refractivity contribution in [1.82, 2.24) is 10.2 Å². The van der Waals surface area contributed by atoms with E-state index >= 15 is 0 Å². The summed E-state index contributed by atoms with van der Waals surface area (Å²) in [5.74, 6) is 0. The second kappa shape index (κ2) is 8.89. The maximum atomic E-state index is 8.95. The minimum Gasteiger partial charge on any atom is -0.396 e. The molecule has 18 heavy (non-hydrogen) atoms. The first kappa shape index (κ1) is 17.9. The molecule has 0 fully saturated rings. The Morgan fingerprint density at radius 3 is 2.17 bits per heavy atom. The fourth-order valence-corrected chi connectivity index (χ4v) is 2.28. The van der Waals surface area contributed by atoms with Gasteiger partial charge in [-0.15, -0.1) is 0 Å². The maximum absolute atomic E-state index is 8.95. The lowest BCUT2D eigenvalue weighted by Crippen LogP contribution is -2.44. The van der Waals surface area contributed by atoms with Crippen molar-refractivity contribution >= 4 is 0 Å². The number of hydrogen-bond donors (Lipinski definition) is 2. The van der Waals surface area contributed by atoms with Gasteiger partial charge in [-0.2, -0.15) is 0 Å². The highest BCUT2D eigenvalue weighted by Gasteiger charge is 2.24. The molecule has 0 aromatic carbocycles. The molecular weight excluding hydrogens is 224 g/mol. The summed E-state index contributed by atoms with van der Waals surface area (Å²) in [6.45, 7) is 17.0. The van der Waals surface area contributed by atoms with E-state index in [9.17, 15) is 0 Å². The summed E-state index contributed by atoms with van der Waals surface area (Å²) in [5, 5.41) is 12.5. The molecule has 2 N–H and O–H groups in total. The van der Waals surface area contributed by atoms with Crippen molar-refractivity contribution in [1.29, 1.82) is 0 Å². The van der Waals surface area contributed by atoms with Crippen molar-refractivity contribution in [3.05, 3.63) is 0 Å². The van der Waals surface area contributed by atoms with Crippen LogP contribution in [0.3, 0.4) is 0 Å². The maximum Gasteiger partial charge on any atom is 0.0443 e. The quantitative estimate of drug-likeness (QED) is 0.667. The number of nitrogens with zero attached hydrogens (tertiary/aromatic N) is 1. The predicted octanol–water partition coefficient (Wildman–Crippen LogP) is 2.49. The minimum absolute atomic E-state index is 0.291. The third kappa shape index (κ3) is 7.34. The predicted molar refractivity (Wildman–Crippen MR) is 79.9 cm³/mol. The standard InChI is InChI=1S/C15H34N2O/c1-7-16-14(15(4,5)6)9-11-17(13(2)3)10-8-12-18/h13-14,16,18H,7-12H2,1-6H3. The van der Waals surface area contributed by atoms with E-state index < -0.39 is 0 Å². The second-order valence-corrected chi connectivity index (χ2v) is 6.47. The Morgan fingerprint density at radius 1 is 1.17 bits per heavy atom. The molecule has 3 heteroatoms. The highest BCUT2D eigenvalue weighted by atomic mass is 16.3. The average Bonchev–Trinajstić information content (AvgIpc) is 2.25. The number of aliphatic hydroxyl groups excluding tert-OH is 1. The van der Waals surface area contributed by atoms with Crippen LogP contribution in [0.4, 0.5) is 0 Å². The van der Waals surface area contributed by atoms with Gasteiger partial charge in [0.25, 0.3) is 0 Å². The van der Waals surface area contributed by atoms with Gasteiger partial charge in [0.15, 0.2) is 0 Å². The molecule has 110 valence electrons. The fourth-order valence-electron chi connectivity index (χ4n) is 2.28. The molecule has 0 heterocycles. The first-order valence-electron chi connectivity index (χ1n) is 7.41. The van der Waals surface area contributed by atoms with Gasteiger partial charge in [0.1, 0.15) is 0 Å². The zero-order valence-electron chi connectivity index (χ0n) is 13.3. The summed E-state index contributed by atoms with van der Waals surface area (Å²) in [5.41, 5.74) is 0.301. The minimum atomic E-state index is 0.291. The van der Waals surface area contributed by atoms with Crippen molar-refractivity contribution in [2.75, 3.05) is 26.2 Å².